The highest BCUT2D eigenvalue weighted by atomic mass is 35.5. The van der Waals surface area contributed by atoms with Gasteiger partial charge >= 0.3 is 0 Å². The van der Waals surface area contributed by atoms with Crippen molar-refractivity contribution in [1.29, 1.82) is 0 Å². The number of piperidine rings is 2. The highest BCUT2D eigenvalue weighted by Gasteiger charge is 2.30. The van der Waals surface area contributed by atoms with Crippen LogP contribution < -0.4 is 10.9 Å². The number of halogens is 2. The predicted molar refractivity (Wildman–Crippen MR) is 115 cm³/mol. The molecule has 0 bridgehead atoms. The van der Waals surface area contributed by atoms with E-state index in [1.165, 1.54) is 6.33 Å². The Bertz CT molecular complexity index is 864. The molecule has 160 valence electrons. The van der Waals surface area contributed by atoms with Crippen LogP contribution in [-0.2, 0) is 0 Å². The first kappa shape index (κ1) is 23.4. The fraction of sp³-hybridized carbons (Fsp3) is 0.579. The van der Waals surface area contributed by atoms with Crippen LogP contribution >= 0.6 is 24.8 Å². The molecule has 10 heteroatoms. The summed E-state index contributed by atoms with van der Waals surface area (Å²) in [5.74, 6) is 0.787. The van der Waals surface area contributed by atoms with Crippen molar-refractivity contribution in [3.05, 3.63) is 45.9 Å². The molecular weight excluding hydrogens is 415 g/mol. The Morgan fingerprint density at radius 3 is 2.66 bits per heavy atom. The third-order valence-electron chi connectivity index (χ3n) is 5.77. The smallest absolute Gasteiger partial charge is 0.263 e. The minimum Gasteiger partial charge on any atom is -0.338 e. The Morgan fingerprint density at radius 2 is 1.97 bits per heavy atom. The number of hydrogen-bond donors (Lipinski definition) is 2. The van der Waals surface area contributed by atoms with Gasteiger partial charge in [-0.3, -0.25) is 14.7 Å². The number of likely N-dealkylation sites (tertiary alicyclic amines) is 1. The maximum Gasteiger partial charge on any atom is 0.263 e. The SMILES string of the molecule is Cc1ccn(C2CCNCC2)c(=O)c1C(=O)N1CCCC(c2ncn[nH]2)C1.Cl.Cl. The van der Waals surface area contributed by atoms with Gasteiger partial charge in [-0.15, -0.1) is 24.8 Å². The zero-order chi connectivity index (χ0) is 18.8. The van der Waals surface area contributed by atoms with E-state index >= 15 is 0 Å². The Labute approximate surface area is 182 Å². The van der Waals surface area contributed by atoms with Crippen molar-refractivity contribution in [3.8, 4) is 0 Å². The summed E-state index contributed by atoms with van der Waals surface area (Å²) < 4.78 is 1.76. The average molecular weight is 443 g/mol. The monoisotopic (exact) mass is 442 g/mol. The number of nitrogens with one attached hydrogen (secondary N) is 2. The first-order valence-corrected chi connectivity index (χ1v) is 9.72. The number of nitrogens with zero attached hydrogens (tertiary/aromatic N) is 4. The molecule has 2 fully saturated rings. The average Bonchev–Trinajstić information content (AvgIpc) is 3.24. The summed E-state index contributed by atoms with van der Waals surface area (Å²) in [4.78, 5) is 32.4. The number of aromatic nitrogens is 4. The number of amides is 1. The molecule has 0 saturated carbocycles. The van der Waals surface area contributed by atoms with Gasteiger partial charge in [-0.05, 0) is 57.3 Å². The van der Waals surface area contributed by atoms with Crippen LogP contribution in [0, 0.1) is 6.92 Å². The molecule has 1 amide bonds. The number of aryl methyl sites for hydroxylation is 1. The number of carbonyl (C=O) groups excluding carboxylic acids is 1. The third kappa shape index (κ3) is 4.82. The number of hydrogen-bond acceptors (Lipinski definition) is 5. The maximum absolute atomic E-state index is 13.2. The minimum atomic E-state index is -0.162. The van der Waals surface area contributed by atoms with E-state index in [9.17, 15) is 9.59 Å². The van der Waals surface area contributed by atoms with Crippen LogP contribution in [0.2, 0.25) is 0 Å². The molecule has 4 rings (SSSR count). The van der Waals surface area contributed by atoms with Crippen molar-refractivity contribution in [2.24, 2.45) is 0 Å². The Kier molecular flexibility index (Phi) is 8.24. The van der Waals surface area contributed by atoms with Crippen molar-refractivity contribution >= 4 is 30.7 Å². The second kappa shape index (κ2) is 10.2. The summed E-state index contributed by atoms with van der Waals surface area (Å²) in [5.41, 5.74) is 0.903. The molecular formula is C19H28Cl2N6O2. The molecule has 2 aliphatic heterocycles. The van der Waals surface area contributed by atoms with Crippen LogP contribution in [0.5, 0.6) is 0 Å². The van der Waals surface area contributed by atoms with E-state index in [1.807, 2.05) is 19.2 Å². The summed E-state index contributed by atoms with van der Waals surface area (Å²) >= 11 is 0. The van der Waals surface area contributed by atoms with E-state index in [1.54, 1.807) is 9.47 Å². The zero-order valence-electron chi connectivity index (χ0n) is 16.5. The van der Waals surface area contributed by atoms with Gasteiger partial charge in [0.25, 0.3) is 11.5 Å². The van der Waals surface area contributed by atoms with Crippen LogP contribution in [0.1, 0.15) is 59.4 Å². The van der Waals surface area contributed by atoms with Crippen LogP contribution in [0.15, 0.2) is 23.4 Å². The van der Waals surface area contributed by atoms with Crippen molar-refractivity contribution in [2.45, 2.75) is 44.6 Å². The molecule has 8 nitrogen and oxygen atoms in total. The predicted octanol–water partition coefficient (Wildman–Crippen LogP) is 2.06. The number of pyridine rings is 1. The van der Waals surface area contributed by atoms with Crippen LogP contribution in [0.25, 0.3) is 0 Å². The van der Waals surface area contributed by atoms with E-state index in [-0.39, 0.29) is 48.2 Å². The van der Waals surface area contributed by atoms with Gasteiger partial charge in [0.05, 0.1) is 0 Å². The van der Waals surface area contributed by atoms with Gasteiger partial charge in [0.15, 0.2) is 0 Å². The molecule has 2 N–H and O–H groups in total. The van der Waals surface area contributed by atoms with Gasteiger partial charge in [-0.2, -0.15) is 5.10 Å². The van der Waals surface area contributed by atoms with Gasteiger partial charge in [0, 0.05) is 31.2 Å². The van der Waals surface area contributed by atoms with E-state index in [4.69, 9.17) is 0 Å². The van der Waals surface area contributed by atoms with Gasteiger partial charge in [-0.1, -0.05) is 0 Å². The lowest BCUT2D eigenvalue weighted by molar-refractivity contribution is 0.0701. The molecule has 0 aromatic carbocycles. The Balaban J connectivity index is 0.00000150. The van der Waals surface area contributed by atoms with Gasteiger partial charge < -0.3 is 14.8 Å². The summed E-state index contributed by atoms with van der Waals surface area (Å²) in [6.45, 7) is 4.89. The molecule has 4 heterocycles. The molecule has 0 spiro atoms. The zero-order valence-corrected chi connectivity index (χ0v) is 18.1. The van der Waals surface area contributed by atoms with Crippen LogP contribution in [-0.4, -0.2) is 56.7 Å². The molecule has 2 aromatic rings. The lowest BCUT2D eigenvalue weighted by Gasteiger charge is -2.32. The first-order valence-electron chi connectivity index (χ1n) is 9.72. The van der Waals surface area contributed by atoms with Crippen molar-refractivity contribution in [3.63, 3.8) is 0 Å². The second-order valence-electron chi connectivity index (χ2n) is 7.53. The first-order chi connectivity index (χ1) is 13.1. The molecule has 2 aromatic heterocycles. The highest BCUT2D eigenvalue weighted by molar-refractivity contribution is 5.95. The van der Waals surface area contributed by atoms with Gasteiger partial charge in [0.1, 0.15) is 17.7 Å². The largest absolute Gasteiger partial charge is 0.338 e. The quantitative estimate of drug-likeness (QED) is 0.757. The van der Waals surface area contributed by atoms with Crippen molar-refractivity contribution in [2.75, 3.05) is 26.2 Å². The van der Waals surface area contributed by atoms with Gasteiger partial charge in [-0.25, -0.2) is 4.98 Å². The lowest BCUT2D eigenvalue weighted by atomic mass is 9.96. The summed E-state index contributed by atoms with van der Waals surface area (Å²) in [6.07, 6.45) is 7.02. The van der Waals surface area contributed by atoms with E-state index in [2.05, 4.69) is 20.5 Å². The summed E-state index contributed by atoms with van der Waals surface area (Å²) in [5, 5.41) is 10.1. The molecule has 29 heavy (non-hydrogen) atoms. The minimum absolute atomic E-state index is 0. The summed E-state index contributed by atoms with van der Waals surface area (Å²) in [6, 6.07) is 2.06. The van der Waals surface area contributed by atoms with Crippen molar-refractivity contribution < 1.29 is 4.79 Å². The maximum atomic E-state index is 13.2. The Morgan fingerprint density at radius 1 is 1.21 bits per heavy atom. The molecule has 0 radical (unpaired) electrons. The van der Waals surface area contributed by atoms with Crippen LogP contribution in [0.4, 0.5) is 0 Å². The molecule has 1 atom stereocenters. The summed E-state index contributed by atoms with van der Waals surface area (Å²) in [7, 11) is 0. The number of carbonyl (C=O) groups is 1. The highest BCUT2D eigenvalue weighted by Crippen LogP contribution is 2.25. The Hall–Kier alpha value is -1.90. The lowest BCUT2D eigenvalue weighted by Crippen LogP contribution is -2.43. The van der Waals surface area contributed by atoms with E-state index in [0.717, 1.165) is 50.2 Å². The number of rotatable bonds is 3. The standard InChI is InChI=1S/C19H26N6O2.2ClH/c1-13-6-10-25(15-4-7-20-8-5-15)19(27)16(13)18(26)24-9-2-3-14(11-24)17-21-12-22-23-17;;/h6,10,12,14-15,20H,2-5,7-9,11H2,1H3,(H,21,22,23);2*1H. The number of aromatic amines is 1. The van der Waals surface area contributed by atoms with Gasteiger partial charge in [0.2, 0.25) is 0 Å². The second-order valence-corrected chi connectivity index (χ2v) is 7.53. The van der Waals surface area contributed by atoms with E-state index < -0.39 is 0 Å². The van der Waals surface area contributed by atoms with Crippen LogP contribution in [0.3, 0.4) is 0 Å². The fourth-order valence-corrected chi connectivity index (χ4v) is 4.23. The molecule has 1 unspecified atom stereocenters. The topological polar surface area (TPSA) is 95.9 Å². The molecule has 2 saturated heterocycles. The normalized spacial score (nSPS) is 19.9. The van der Waals surface area contributed by atoms with E-state index in [0.29, 0.717) is 18.7 Å². The van der Waals surface area contributed by atoms with Crippen molar-refractivity contribution in [1.82, 2.24) is 30.0 Å². The number of H-pyrrole nitrogens is 1. The molecule has 2 aliphatic rings. The molecule has 0 aliphatic carbocycles. The third-order valence-corrected chi connectivity index (χ3v) is 5.77. The fourth-order valence-electron chi connectivity index (χ4n) is 4.23.